The Morgan fingerprint density at radius 1 is 1.23 bits per heavy atom. The van der Waals surface area contributed by atoms with Crippen molar-refractivity contribution in [3.8, 4) is 0 Å². The Hall–Kier alpha value is -3.23. The number of nitrogens with one attached hydrogen (secondary N) is 1. The summed E-state index contributed by atoms with van der Waals surface area (Å²) in [7, 11) is 0. The summed E-state index contributed by atoms with van der Waals surface area (Å²) in [6.07, 6.45) is -1.54. The van der Waals surface area contributed by atoms with Crippen LogP contribution in [0.3, 0.4) is 0 Å². The molecule has 0 bridgehead atoms. The van der Waals surface area contributed by atoms with Crippen LogP contribution in [0.15, 0.2) is 52.7 Å². The maximum Gasteiger partial charge on any atom is 0.416 e. The highest BCUT2D eigenvalue weighted by Crippen LogP contribution is 2.35. The molecule has 3 heterocycles. The first-order valence-corrected chi connectivity index (χ1v) is 7.77. The van der Waals surface area contributed by atoms with E-state index in [0.717, 1.165) is 12.1 Å². The lowest BCUT2D eigenvalue weighted by molar-refractivity contribution is -0.137. The number of aliphatic imine (C=N–C) groups is 2. The Kier molecular flexibility index (Phi) is 3.71. The molecule has 1 N–H and O–H groups in total. The summed E-state index contributed by atoms with van der Waals surface area (Å²) in [5, 5.41) is 2.64. The number of guanidine groups is 1. The molecule has 2 aliphatic rings. The predicted molar refractivity (Wildman–Crippen MR) is 88.4 cm³/mol. The molecule has 6 nitrogen and oxygen atoms in total. The van der Waals surface area contributed by atoms with Gasteiger partial charge >= 0.3 is 6.18 Å². The zero-order chi connectivity index (χ0) is 18.3. The average Bonchev–Trinajstić information content (AvgIpc) is 3.11. The van der Waals surface area contributed by atoms with Crippen LogP contribution in [0.25, 0.3) is 0 Å². The first kappa shape index (κ1) is 16.2. The number of carbonyl (C=O) groups is 1. The second-order valence-corrected chi connectivity index (χ2v) is 5.72. The number of amides is 1. The van der Waals surface area contributed by atoms with Crippen molar-refractivity contribution in [2.24, 2.45) is 9.98 Å². The average molecular weight is 359 g/mol. The van der Waals surface area contributed by atoms with Gasteiger partial charge in [-0.3, -0.25) is 25.0 Å². The number of fused-ring (bicyclic) bond motifs is 3. The van der Waals surface area contributed by atoms with Crippen LogP contribution in [0.4, 0.5) is 18.9 Å². The summed E-state index contributed by atoms with van der Waals surface area (Å²) in [4.78, 5) is 26.5. The van der Waals surface area contributed by atoms with Crippen molar-refractivity contribution in [3.63, 3.8) is 0 Å². The van der Waals surface area contributed by atoms with Gasteiger partial charge in [0.15, 0.2) is 0 Å². The topological polar surface area (TPSA) is 70.0 Å². The van der Waals surface area contributed by atoms with Crippen LogP contribution < -0.4 is 5.32 Å². The zero-order valence-electron chi connectivity index (χ0n) is 13.3. The van der Waals surface area contributed by atoms with E-state index < -0.39 is 17.6 Å². The van der Waals surface area contributed by atoms with E-state index in [1.807, 2.05) is 0 Å². The van der Waals surface area contributed by atoms with Crippen molar-refractivity contribution >= 4 is 23.4 Å². The van der Waals surface area contributed by atoms with Gasteiger partial charge in [-0.15, -0.1) is 0 Å². The molecule has 1 aromatic carbocycles. The lowest BCUT2D eigenvalue weighted by atomic mass is 10.1. The molecular formula is C17H12F3N5O. The Morgan fingerprint density at radius 3 is 2.81 bits per heavy atom. The Bertz CT molecular complexity index is 937. The molecule has 0 atom stereocenters. The maximum atomic E-state index is 13.0. The number of carbonyl (C=O) groups excluding carboxylic acids is 1. The summed E-state index contributed by atoms with van der Waals surface area (Å²) in [5.41, 5.74) is 0.154. The predicted octanol–water partition coefficient (Wildman–Crippen LogP) is 2.59. The Labute approximate surface area is 146 Å². The Morgan fingerprint density at radius 2 is 2.08 bits per heavy atom. The van der Waals surface area contributed by atoms with E-state index in [9.17, 15) is 18.0 Å². The van der Waals surface area contributed by atoms with Crippen LogP contribution in [0.2, 0.25) is 0 Å². The summed E-state index contributed by atoms with van der Waals surface area (Å²) >= 11 is 0. The summed E-state index contributed by atoms with van der Waals surface area (Å²) in [6.45, 7) is 0.958. The molecule has 9 heteroatoms. The highest BCUT2D eigenvalue weighted by molar-refractivity contribution is 6.19. The monoisotopic (exact) mass is 359 g/mol. The third kappa shape index (κ3) is 2.81. The molecule has 0 saturated heterocycles. The van der Waals surface area contributed by atoms with Crippen LogP contribution in [0, 0.1) is 0 Å². The molecule has 26 heavy (non-hydrogen) atoms. The van der Waals surface area contributed by atoms with Crippen molar-refractivity contribution in [3.05, 3.63) is 59.4 Å². The van der Waals surface area contributed by atoms with Gasteiger partial charge in [-0.2, -0.15) is 13.2 Å². The third-order valence-corrected chi connectivity index (χ3v) is 4.04. The van der Waals surface area contributed by atoms with Gasteiger partial charge in [-0.1, -0.05) is 0 Å². The second-order valence-electron chi connectivity index (χ2n) is 5.72. The number of aromatic nitrogens is 1. The molecule has 0 spiro atoms. The fraction of sp³-hybridized carbons (Fsp3) is 0.176. The van der Waals surface area contributed by atoms with Crippen molar-refractivity contribution in [2.45, 2.75) is 6.18 Å². The summed E-state index contributed by atoms with van der Waals surface area (Å²) < 4.78 is 39.0. The normalized spacial score (nSPS) is 15.7. The van der Waals surface area contributed by atoms with Crippen LogP contribution >= 0.6 is 0 Å². The summed E-state index contributed by atoms with van der Waals surface area (Å²) in [5.74, 6) is 0.214. The van der Waals surface area contributed by atoms with Gasteiger partial charge in [0.25, 0.3) is 5.91 Å². The minimum Gasteiger partial charge on any atom is -0.294 e. The lowest BCUT2D eigenvalue weighted by Gasteiger charge is -2.27. The Balaban J connectivity index is 1.72. The number of nitrogens with zero attached hydrogens (tertiary/aromatic N) is 4. The van der Waals surface area contributed by atoms with E-state index in [2.05, 4.69) is 20.3 Å². The molecule has 0 unspecified atom stereocenters. The molecule has 1 aromatic heterocycles. The van der Waals surface area contributed by atoms with E-state index in [0.29, 0.717) is 30.1 Å². The minimum absolute atomic E-state index is 0.123. The number of alkyl halides is 3. The van der Waals surface area contributed by atoms with Crippen LogP contribution in [0.1, 0.15) is 21.5 Å². The van der Waals surface area contributed by atoms with E-state index >= 15 is 0 Å². The van der Waals surface area contributed by atoms with Crippen molar-refractivity contribution in [2.75, 3.05) is 13.1 Å². The molecule has 2 aromatic rings. The number of amidine groups is 1. The van der Waals surface area contributed by atoms with Gasteiger partial charge in [0.1, 0.15) is 5.84 Å². The number of halogens is 3. The van der Waals surface area contributed by atoms with Gasteiger partial charge in [-0.25, -0.2) is 4.99 Å². The van der Waals surface area contributed by atoms with Crippen molar-refractivity contribution < 1.29 is 18.0 Å². The summed E-state index contributed by atoms with van der Waals surface area (Å²) in [6, 6.07) is 6.53. The highest BCUT2D eigenvalue weighted by Gasteiger charge is 2.35. The third-order valence-electron chi connectivity index (χ3n) is 4.04. The van der Waals surface area contributed by atoms with Gasteiger partial charge in [-0.05, 0) is 30.3 Å². The molecular weight excluding hydrogens is 347 g/mol. The SMILES string of the molecule is O=C(NC1=Nc2cc(C(F)(F)F)ccc2C2=NCCN12)c1cccnc1. The number of rotatable bonds is 1. The largest absolute Gasteiger partial charge is 0.416 e. The molecule has 2 aliphatic heterocycles. The van der Waals surface area contributed by atoms with Crippen molar-refractivity contribution in [1.82, 2.24) is 15.2 Å². The van der Waals surface area contributed by atoms with E-state index in [-0.39, 0.29) is 11.6 Å². The number of pyridine rings is 1. The van der Waals surface area contributed by atoms with Crippen LogP contribution in [-0.2, 0) is 6.18 Å². The van der Waals surface area contributed by atoms with E-state index in [4.69, 9.17) is 0 Å². The molecule has 0 fully saturated rings. The quantitative estimate of drug-likeness (QED) is 0.851. The van der Waals surface area contributed by atoms with Gasteiger partial charge < -0.3 is 0 Å². The molecule has 1 amide bonds. The molecule has 4 rings (SSSR count). The van der Waals surface area contributed by atoms with E-state index in [1.54, 1.807) is 17.0 Å². The fourth-order valence-corrected chi connectivity index (χ4v) is 2.81. The molecule has 0 saturated carbocycles. The standard InChI is InChI=1S/C17H12F3N5O/c18-17(19,20)11-3-4-12-13(8-11)23-16(25-7-6-22-14(12)25)24-15(26)10-2-1-5-21-9-10/h1-5,8-9H,6-7H2,(H,23,24,26). The van der Waals surface area contributed by atoms with Gasteiger partial charge in [0.2, 0.25) is 5.96 Å². The lowest BCUT2D eigenvalue weighted by Crippen LogP contribution is -2.47. The first-order valence-electron chi connectivity index (χ1n) is 7.77. The highest BCUT2D eigenvalue weighted by atomic mass is 19.4. The molecule has 0 aliphatic carbocycles. The van der Waals surface area contributed by atoms with Crippen molar-refractivity contribution in [1.29, 1.82) is 0 Å². The number of hydrogen-bond donors (Lipinski definition) is 1. The van der Waals surface area contributed by atoms with Crippen LogP contribution in [-0.4, -0.2) is 40.7 Å². The molecule has 132 valence electrons. The fourth-order valence-electron chi connectivity index (χ4n) is 2.81. The van der Waals surface area contributed by atoms with E-state index in [1.165, 1.54) is 18.5 Å². The maximum absolute atomic E-state index is 13.0. The second kappa shape index (κ2) is 5.94. The minimum atomic E-state index is -4.47. The molecule has 0 radical (unpaired) electrons. The van der Waals surface area contributed by atoms with Crippen LogP contribution in [0.5, 0.6) is 0 Å². The van der Waals surface area contributed by atoms with Gasteiger partial charge in [0.05, 0.1) is 23.4 Å². The number of benzene rings is 1. The zero-order valence-corrected chi connectivity index (χ0v) is 13.3. The number of hydrogen-bond acceptors (Lipinski definition) is 5. The first-order chi connectivity index (χ1) is 12.4. The smallest absolute Gasteiger partial charge is 0.294 e. The van der Waals surface area contributed by atoms with Gasteiger partial charge in [0, 0.05) is 24.5 Å².